The predicted molar refractivity (Wildman–Crippen MR) is 40.3 cm³/mol. The van der Waals surface area contributed by atoms with Crippen molar-refractivity contribution in [2.75, 3.05) is 7.11 Å². The van der Waals surface area contributed by atoms with E-state index in [2.05, 4.69) is 19.7 Å². The van der Waals surface area contributed by atoms with E-state index in [-0.39, 0.29) is 12.4 Å². The summed E-state index contributed by atoms with van der Waals surface area (Å²) in [5.74, 6) is 0.693. The molecule has 0 spiro atoms. The van der Waals surface area contributed by atoms with Crippen LogP contribution in [0, 0.1) is 6.92 Å². The van der Waals surface area contributed by atoms with Gasteiger partial charge in [-0.05, 0) is 6.92 Å². The SMILES string of the molecule is COC(=O)Cc1ncnc(C)n1. The fourth-order valence-corrected chi connectivity index (χ4v) is 0.710. The number of methoxy groups -OCH3 is 1. The van der Waals surface area contributed by atoms with E-state index in [1.165, 1.54) is 13.4 Å². The summed E-state index contributed by atoms with van der Waals surface area (Å²) in [6.07, 6.45) is 1.47. The van der Waals surface area contributed by atoms with Crippen LogP contribution in [0.3, 0.4) is 0 Å². The van der Waals surface area contributed by atoms with Gasteiger partial charge in [-0.3, -0.25) is 4.79 Å². The lowest BCUT2D eigenvalue weighted by Crippen LogP contribution is -2.08. The quantitative estimate of drug-likeness (QED) is 0.575. The molecule has 1 aromatic heterocycles. The van der Waals surface area contributed by atoms with Crippen LogP contribution in [-0.4, -0.2) is 28.0 Å². The molecule has 1 aromatic rings. The third kappa shape index (κ3) is 2.26. The average Bonchev–Trinajstić information content (AvgIpc) is 2.04. The van der Waals surface area contributed by atoms with Gasteiger partial charge in [0.25, 0.3) is 0 Å². The Hall–Kier alpha value is -1.52. The minimum Gasteiger partial charge on any atom is -0.469 e. The zero-order valence-electron chi connectivity index (χ0n) is 6.94. The molecule has 0 bridgehead atoms. The molecular formula is C7H9N3O2. The van der Waals surface area contributed by atoms with Crippen molar-refractivity contribution in [2.45, 2.75) is 13.3 Å². The van der Waals surface area contributed by atoms with Gasteiger partial charge in [-0.1, -0.05) is 0 Å². The van der Waals surface area contributed by atoms with Gasteiger partial charge in [-0.15, -0.1) is 0 Å². The lowest BCUT2D eigenvalue weighted by molar-refractivity contribution is -0.139. The molecule has 1 heterocycles. The maximum Gasteiger partial charge on any atom is 0.313 e. The second-order valence-corrected chi connectivity index (χ2v) is 2.20. The van der Waals surface area contributed by atoms with Crippen molar-refractivity contribution >= 4 is 5.97 Å². The molecule has 12 heavy (non-hydrogen) atoms. The smallest absolute Gasteiger partial charge is 0.313 e. The molecule has 0 saturated heterocycles. The Morgan fingerprint density at radius 3 is 2.92 bits per heavy atom. The zero-order valence-corrected chi connectivity index (χ0v) is 6.94. The number of aryl methyl sites for hydroxylation is 1. The van der Waals surface area contributed by atoms with E-state index in [0.717, 1.165) is 0 Å². The molecular weight excluding hydrogens is 158 g/mol. The summed E-state index contributed by atoms with van der Waals surface area (Å²) in [6, 6.07) is 0. The first-order valence-electron chi connectivity index (χ1n) is 3.43. The summed E-state index contributed by atoms with van der Waals surface area (Å²) < 4.78 is 4.45. The summed E-state index contributed by atoms with van der Waals surface area (Å²) in [5, 5.41) is 0. The van der Waals surface area contributed by atoms with Gasteiger partial charge in [0.05, 0.1) is 7.11 Å². The van der Waals surface area contributed by atoms with Crippen molar-refractivity contribution in [1.29, 1.82) is 0 Å². The normalized spacial score (nSPS) is 9.50. The number of nitrogens with zero attached hydrogens (tertiary/aromatic N) is 3. The van der Waals surface area contributed by atoms with E-state index in [1.54, 1.807) is 6.92 Å². The molecule has 0 saturated carbocycles. The largest absolute Gasteiger partial charge is 0.469 e. The van der Waals surface area contributed by atoms with Crippen molar-refractivity contribution < 1.29 is 9.53 Å². The molecule has 64 valence electrons. The van der Waals surface area contributed by atoms with E-state index in [9.17, 15) is 4.79 Å². The van der Waals surface area contributed by atoms with Gasteiger partial charge in [-0.2, -0.15) is 0 Å². The van der Waals surface area contributed by atoms with Gasteiger partial charge in [0, 0.05) is 0 Å². The molecule has 1 rings (SSSR count). The molecule has 0 amide bonds. The number of carbonyl (C=O) groups is 1. The second kappa shape index (κ2) is 3.75. The minimum atomic E-state index is -0.347. The van der Waals surface area contributed by atoms with Crippen LogP contribution in [0.2, 0.25) is 0 Å². The number of hydrogen-bond acceptors (Lipinski definition) is 5. The number of aromatic nitrogens is 3. The van der Waals surface area contributed by atoms with Gasteiger partial charge in [-0.25, -0.2) is 15.0 Å². The summed E-state index contributed by atoms with van der Waals surface area (Å²) >= 11 is 0. The van der Waals surface area contributed by atoms with Crippen LogP contribution in [0.4, 0.5) is 0 Å². The lowest BCUT2D eigenvalue weighted by atomic mass is 10.4. The summed E-state index contributed by atoms with van der Waals surface area (Å²) in [5.41, 5.74) is 0. The van der Waals surface area contributed by atoms with E-state index in [0.29, 0.717) is 11.6 Å². The Balaban J connectivity index is 2.69. The van der Waals surface area contributed by atoms with Crippen molar-refractivity contribution in [3.63, 3.8) is 0 Å². The number of esters is 1. The first-order valence-corrected chi connectivity index (χ1v) is 3.43. The average molecular weight is 167 g/mol. The monoisotopic (exact) mass is 167 g/mol. The van der Waals surface area contributed by atoms with E-state index < -0.39 is 0 Å². The highest BCUT2D eigenvalue weighted by Gasteiger charge is 2.04. The van der Waals surface area contributed by atoms with E-state index >= 15 is 0 Å². The number of rotatable bonds is 2. The van der Waals surface area contributed by atoms with Crippen molar-refractivity contribution in [3.05, 3.63) is 18.0 Å². The van der Waals surface area contributed by atoms with Crippen LogP contribution >= 0.6 is 0 Å². The van der Waals surface area contributed by atoms with Crippen LogP contribution < -0.4 is 0 Å². The Morgan fingerprint density at radius 1 is 1.58 bits per heavy atom. The van der Waals surface area contributed by atoms with E-state index in [4.69, 9.17) is 0 Å². The molecule has 0 unspecified atom stereocenters. The van der Waals surface area contributed by atoms with Gasteiger partial charge in [0.15, 0.2) is 0 Å². The molecule has 0 radical (unpaired) electrons. The maximum absolute atomic E-state index is 10.8. The maximum atomic E-state index is 10.8. The molecule has 0 aliphatic rings. The van der Waals surface area contributed by atoms with Gasteiger partial charge in [0.1, 0.15) is 24.4 Å². The van der Waals surface area contributed by atoms with Gasteiger partial charge >= 0.3 is 5.97 Å². The van der Waals surface area contributed by atoms with Crippen LogP contribution in [0.5, 0.6) is 0 Å². The highest BCUT2D eigenvalue weighted by molar-refractivity contribution is 5.71. The molecule has 0 aliphatic heterocycles. The molecule has 0 fully saturated rings. The highest BCUT2D eigenvalue weighted by atomic mass is 16.5. The molecule has 0 aromatic carbocycles. The molecule has 5 heteroatoms. The third-order valence-corrected chi connectivity index (χ3v) is 1.27. The lowest BCUT2D eigenvalue weighted by Gasteiger charge is -1.97. The molecule has 0 aliphatic carbocycles. The van der Waals surface area contributed by atoms with Crippen LogP contribution in [0.25, 0.3) is 0 Å². The Kier molecular flexibility index (Phi) is 2.68. The van der Waals surface area contributed by atoms with Crippen LogP contribution in [0.1, 0.15) is 11.6 Å². The van der Waals surface area contributed by atoms with Crippen molar-refractivity contribution in [2.24, 2.45) is 0 Å². The number of hydrogen-bond donors (Lipinski definition) is 0. The summed E-state index contributed by atoms with van der Waals surface area (Å²) in [6.45, 7) is 1.74. The van der Waals surface area contributed by atoms with Crippen LogP contribution in [0.15, 0.2) is 6.33 Å². The Morgan fingerprint density at radius 2 is 2.33 bits per heavy atom. The fourth-order valence-electron chi connectivity index (χ4n) is 0.710. The first-order chi connectivity index (χ1) is 5.72. The number of carbonyl (C=O) groups excluding carboxylic acids is 1. The summed E-state index contributed by atoms with van der Waals surface area (Å²) in [4.78, 5) is 22.3. The van der Waals surface area contributed by atoms with Crippen LogP contribution in [-0.2, 0) is 16.0 Å². The minimum absolute atomic E-state index is 0.0971. The topological polar surface area (TPSA) is 65.0 Å². The second-order valence-electron chi connectivity index (χ2n) is 2.20. The standard InChI is InChI=1S/C7H9N3O2/c1-5-8-4-9-6(10-5)3-7(11)12-2/h4H,3H2,1-2H3. The Bertz CT molecular complexity index is 288. The highest BCUT2D eigenvalue weighted by Crippen LogP contribution is 1.92. The number of ether oxygens (including phenoxy) is 1. The first kappa shape index (κ1) is 8.58. The van der Waals surface area contributed by atoms with Crippen molar-refractivity contribution in [3.8, 4) is 0 Å². The fraction of sp³-hybridized carbons (Fsp3) is 0.429. The summed E-state index contributed by atoms with van der Waals surface area (Å²) in [7, 11) is 1.33. The third-order valence-electron chi connectivity index (χ3n) is 1.27. The molecule has 0 N–H and O–H groups in total. The predicted octanol–water partition coefficient (Wildman–Crippen LogP) is -0.104. The van der Waals surface area contributed by atoms with Gasteiger partial charge in [0.2, 0.25) is 0 Å². The van der Waals surface area contributed by atoms with E-state index in [1.807, 2.05) is 0 Å². The molecule has 0 atom stereocenters. The Labute approximate surface area is 69.8 Å². The zero-order chi connectivity index (χ0) is 8.97. The molecule has 5 nitrogen and oxygen atoms in total. The van der Waals surface area contributed by atoms with Gasteiger partial charge < -0.3 is 4.74 Å². The van der Waals surface area contributed by atoms with Crippen molar-refractivity contribution in [1.82, 2.24) is 15.0 Å².